The number of ether oxygens (including phenoxy) is 1. The first kappa shape index (κ1) is 16.9. The van der Waals surface area contributed by atoms with Crippen LogP contribution in [0.15, 0.2) is 54.7 Å². The molecule has 2 aromatic carbocycles. The standard InChI is InChI=1S/C20H24N4O/c1-23(2)17-10-8-15(9-11-17)13-21-20-22-14-19(24(20)3)16-6-5-7-18(12-16)25-4/h5-12,14H,13H2,1-4H3,(H,21,22). The molecule has 0 aliphatic carbocycles. The summed E-state index contributed by atoms with van der Waals surface area (Å²) in [6, 6.07) is 16.5. The van der Waals surface area contributed by atoms with Gasteiger partial charge in [-0.05, 0) is 29.8 Å². The van der Waals surface area contributed by atoms with E-state index in [2.05, 4.69) is 50.1 Å². The summed E-state index contributed by atoms with van der Waals surface area (Å²) in [5.74, 6) is 1.68. The van der Waals surface area contributed by atoms with Crippen molar-refractivity contribution in [2.45, 2.75) is 6.54 Å². The molecule has 1 aromatic heterocycles. The highest BCUT2D eigenvalue weighted by Gasteiger charge is 2.09. The van der Waals surface area contributed by atoms with Crippen LogP contribution >= 0.6 is 0 Å². The number of nitrogens with one attached hydrogen (secondary N) is 1. The minimum atomic E-state index is 0.732. The van der Waals surface area contributed by atoms with Gasteiger partial charge in [0.2, 0.25) is 5.95 Å². The van der Waals surface area contributed by atoms with Crippen molar-refractivity contribution < 1.29 is 4.74 Å². The Morgan fingerprint density at radius 3 is 2.56 bits per heavy atom. The molecule has 0 atom stereocenters. The van der Waals surface area contributed by atoms with Crippen molar-refractivity contribution in [2.75, 3.05) is 31.4 Å². The van der Waals surface area contributed by atoms with Crippen molar-refractivity contribution in [1.29, 1.82) is 0 Å². The molecule has 0 radical (unpaired) electrons. The largest absolute Gasteiger partial charge is 0.497 e. The van der Waals surface area contributed by atoms with Gasteiger partial charge in [0.05, 0.1) is 19.0 Å². The van der Waals surface area contributed by atoms with E-state index >= 15 is 0 Å². The van der Waals surface area contributed by atoms with Gasteiger partial charge in [-0.1, -0.05) is 24.3 Å². The molecular weight excluding hydrogens is 312 g/mol. The Labute approximate surface area is 148 Å². The van der Waals surface area contributed by atoms with Crippen LogP contribution in [0.3, 0.4) is 0 Å². The number of hydrogen-bond acceptors (Lipinski definition) is 4. The van der Waals surface area contributed by atoms with Crippen LogP contribution in [0, 0.1) is 0 Å². The normalized spacial score (nSPS) is 10.6. The van der Waals surface area contributed by atoms with Crippen LogP contribution in [0.5, 0.6) is 5.75 Å². The van der Waals surface area contributed by atoms with E-state index in [0.717, 1.165) is 29.5 Å². The van der Waals surface area contributed by atoms with E-state index in [0.29, 0.717) is 0 Å². The maximum absolute atomic E-state index is 5.31. The SMILES string of the molecule is COc1cccc(-c2cnc(NCc3ccc(N(C)C)cc3)n2C)c1. The molecule has 25 heavy (non-hydrogen) atoms. The van der Waals surface area contributed by atoms with Crippen molar-refractivity contribution in [3.05, 3.63) is 60.3 Å². The van der Waals surface area contributed by atoms with Gasteiger partial charge in [0.15, 0.2) is 0 Å². The molecule has 5 heteroatoms. The van der Waals surface area contributed by atoms with Crippen LogP contribution in [0.1, 0.15) is 5.56 Å². The van der Waals surface area contributed by atoms with Gasteiger partial charge in [0.25, 0.3) is 0 Å². The van der Waals surface area contributed by atoms with Crippen molar-refractivity contribution in [2.24, 2.45) is 7.05 Å². The third kappa shape index (κ3) is 3.76. The summed E-state index contributed by atoms with van der Waals surface area (Å²) in [4.78, 5) is 6.60. The lowest BCUT2D eigenvalue weighted by atomic mass is 10.1. The van der Waals surface area contributed by atoms with Gasteiger partial charge in [-0.25, -0.2) is 4.98 Å². The van der Waals surface area contributed by atoms with E-state index in [-0.39, 0.29) is 0 Å². The van der Waals surface area contributed by atoms with Gasteiger partial charge in [-0.2, -0.15) is 0 Å². The summed E-state index contributed by atoms with van der Waals surface area (Å²) < 4.78 is 7.36. The highest BCUT2D eigenvalue weighted by molar-refractivity contribution is 5.63. The van der Waals surface area contributed by atoms with Gasteiger partial charge >= 0.3 is 0 Å². The summed E-state index contributed by atoms with van der Waals surface area (Å²) >= 11 is 0. The maximum Gasteiger partial charge on any atom is 0.203 e. The second-order valence-electron chi connectivity index (χ2n) is 6.17. The number of rotatable bonds is 6. The molecule has 0 fully saturated rings. The molecule has 0 saturated heterocycles. The highest BCUT2D eigenvalue weighted by atomic mass is 16.5. The fourth-order valence-electron chi connectivity index (χ4n) is 2.72. The van der Waals surface area contributed by atoms with E-state index in [1.54, 1.807) is 7.11 Å². The third-order valence-electron chi connectivity index (χ3n) is 4.26. The van der Waals surface area contributed by atoms with Crippen LogP contribution in [-0.4, -0.2) is 30.8 Å². The molecule has 3 rings (SSSR count). The second kappa shape index (κ2) is 7.30. The van der Waals surface area contributed by atoms with Crippen molar-refractivity contribution in [3.8, 4) is 17.0 Å². The topological polar surface area (TPSA) is 42.3 Å². The first-order valence-corrected chi connectivity index (χ1v) is 8.25. The molecule has 1 heterocycles. The quantitative estimate of drug-likeness (QED) is 0.744. The fraction of sp³-hybridized carbons (Fsp3) is 0.250. The van der Waals surface area contributed by atoms with Crippen molar-refractivity contribution in [3.63, 3.8) is 0 Å². The van der Waals surface area contributed by atoms with E-state index < -0.39 is 0 Å². The first-order valence-electron chi connectivity index (χ1n) is 8.25. The van der Waals surface area contributed by atoms with E-state index in [4.69, 9.17) is 4.74 Å². The second-order valence-corrected chi connectivity index (χ2v) is 6.17. The summed E-state index contributed by atoms with van der Waals surface area (Å²) in [6.07, 6.45) is 1.88. The zero-order chi connectivity index (χ0) is 17.8. The molecule has 0 saturated carbocycles. The van der Waals surface area contributed by atoms with E-state index in [1.165, 1.54) is 11.3 Å². The van der Waals surface area contributed by atoms with Crippen LogP contribution in [0.25, 0.3) is 11.3 Å². The molecule has 0 aliphatic rings. The predicted octanol–water partition coefficient (Wildman–Crippen LogP) is 3.77. The minimum Gasteiger partial charge on any atom is -0.497 e. The Morgan fingerprint density at radius 1 is 1.12 bits per heavy atom. The lowest BCUT2D eigenvalue weighted by Crippen LogP contribution is -2.09. The van der Waals surface area contributed by atoms with Crippen LogP contribution in [0.4, 0.5) is 11.6 Å². The summed E-state index contributed by atoms with van der Waals surface area (Å²) in [6.45, 7) is 0.732. The first-order chi connectivity index (χ1) is 12.1. The molecule has 0 spiro atoms. The fourth-order valence-corrected chi connectivity index (χ4v) is 2.72. The molecular formula is C20H24N4O. The summed E-state index contributed by atoms with van der Waals surface area (Å²) in [5.41, 5.74) is 4.54. The summed E-state index contributed by atoms with van der Waals surface area (Å²) in [5, 5.41) is 3.40. The molecule has 1 N–H and O–H groups in total. The predicted molar refractivity (Wildman–Crippen MR) is 103 cm³/mol. The smallest absolute Gasteiger partial charge is 0.203 e. The number of aromatic nitrogens is 2. The van der Waals surface area contributed by atoms with Crippen molar-refractivity contribution >= 4 is 11.6 Å². The third-order valence-corrected chi connectivity index (χ3v) is 4.26. The van der Waals surface area contributed by atoms with E-state index in [1.807, 2.05) is 45.5 Å². The lowest BCUT2D eigenvalue weighted by molar-refractivity contribution is 0.415. The Kier molecular flexibility index (Phi) is 4.93. The molecule has 130 valence electrons. The zero-order valence-corrected chi connectivity index (χ0v) is 15.2. The van der Waals surface area contributed by atoms with E-state index in [9.17, 15) is 0 Å². The van der Waals surface area contributed by atoms with Crippen LogP contribution in [-0.2, 0) is 13.6 Å². The van der Waals surface area contributed by atoms with Gasteiger partial charge < -0.3 is 19.5 Å². The molecule has 3 aromatic rings. The zero-order valence-electron chi connectivity index (χ0n) is 15.2. The van der Waals surface area contributed by atoms with Crippen LogP contribution in [0.2, 0.25) is 0 Å². The lowest BCUT2D eigenvalue weighted by Gasteiger charge is -2.13. The Balaban J connectivity index is 1.73. The number of anilines is 2. The Bertz CT molecular complexity index is 837. The minimum absolute atomic E-state index is 0.732. The van der Waals surface area contributed by atoms with Gasteiger partial charge in [-0.3, -0.25) is 0 Å². The number of methoxy groups -OCH3 is 1. The van der Waals surface area contributed by atoms with Gasteiger partial charge in [0.1, 0.15) is 5.75 Å². The van der Waals surface area contributed by atoms with Crippen LogP contribution < -0.4 is 15.0 Å². The summed E-state index contributed by atoms with van der Waals surface area (Å²) in [7, 11) is 7.78. The Hall–Kier alpha value is -2.95. The molecule has 0 unspecified atom stereocenters. The average molecular weight is 336 g/mol. The highest BCUT2D eigenvalue weighted by Crippen LogP contribution is 2.25. The Morgan fingerprint density at radius 2 is 1.88 bits per heavy atom. The molecule has 0 aliphatic heterocycles. The number of hydrogen-bond donors (Lipinski definition) is 1. The van der Waals surface area contributed by atoms with Gasteiger partial charge in [0, 0.05) is 38.9 Å². The average Bonchev–Trinajstić information content (AvgIpc) is 3.01. The molecule has 5 nitrogen and oxygen atoms in total. The number of nitrogens with zero attached hydrogens (tertiary/aromatic N) is 3. The maximum atomic E-state index is 5.31. The number of benzene rings is 2. The molecule has 0 amide bonds. The number of imidazole rings is 1. The van der Waals surface area contributed by atoms with Gasteiger partial charge in [-0.15, -0.1) is 0 Å². The molecule has 0 bridgehead atoms. The monoisotopic (exact) mass is 336 g/mol. The van der Waals surface area contributed by atoms with Crippen molar-refractivity contribution in [1.82, 2.24) is 9.55 Å².